The average Bonchev–Trinajstić information content (AvgIpc) is 2.76. The van der Waals surface area contributed by atoms with Gasteiger partial charge in [0, 0.05) is 35.6 Å². The third-order valence-corrected chi connectivity index (χ3v) is 4.93. The Balaban J connectivity index is 1.92. The molecule has 1 aliphatic carbocycles. The Hall–Kier alpha value is -1.28. The van der Waals surface area contributed by atoms with Crippen LogP contribution in [0.1, 0.15) is 30.4 Å². The molecule has 4 rings (SSSR count). The van der Waals surface area contributed by atoms with Crippen LogP contribution in [0, 0.1) is 5.92 Å². The Morgan fingerprint density at radius 2 is 2.22 bits per heavy atom. The molecule has 0 spiro atoms. The van der Waals surface area contributed by atoms with Crippen LogP contribution in [-0.4, -0.2) is 29.5 Å². The summed E-state index contributed by atoms with van der Waals surface area (Å²) in [6.07, 6.45) is 4.78. The standard InChI is InChI=1S/C16H20N2/c1-10-6-13-12-4-3-5-14-16(12)11(8-17-14)7-15(13)18(2)9-10/h3-5,8,10,13,15,17H,6-7,9H2,1-2H3. The van der Waals surface area contributed by atoms with Gasteiger partial charge in [-0.2, -0.15) is 0 Å². The third kappa shape index (κ3) is 1.33. The van der Waals surface area contributed by atoms with Crippen molar-refractivity contribution in [2.45, 2.75) is 31.7 Å². The van der Waals surface area contributed by atoms with E-state index in [0.717, 1.165) is 11.8 Å². The van der Waals surface area contributed by atoms with E-state index in [2.05, 4.69) is 48.3 Å². The largest absolute Gasteiger partial charge is 0.361 e. The van der Waals surface area contributed by atoms with Gasteiger partial charge in [0.1, 0.15) is 0 Å². The zero-order chi connectivity index (χ0) is 12.3. The van der Waals surface area contributed by atoms with Crippen LogP contribution < -0.4 is 0 Å². The molecule has 0 amide bonds. The predicted molar refractivity (Wildman–Crippen MR) is 74.9 cm³/mol. The third-order valence-electron chi connectivity index (χ3n) is 4.93. The van der Waals surface area contributed by atoms with Gasteiger partial charge in [-0.25, -0.2) is 0 Å². The lowest BCUT2D eigenvalue weighted by Gasteiger charge is -2.44. The molecule has 0 saturated carbocycles. The van der Waals surface area contributed by atoms with Crippen molar-refractivity contribution in [3.63, 3.8) is 0 Å². The average molecular weight is 240 g/mol. The molecule has 1 aromatic carbocycles. The van der Waals surface area contributed by atoms with Crippen LogP contribution in [0.5, 0.6) is 0 Å². The normalized spacial score (nSPS) is 31.6. The Bertz CT molecular complexity index is 598. The van der Waals surface area contributed by atoms with E-state index in [4.69, 9.17) is 0 Å². The fourth-order valence-electron chi connectivity index (χ4n) is 4.21. The van der Waals surface area contributed by atoms with Gasteiger partial charge in [0.05, 0.1) is 0 Å². The van der Waals surface area contributed by atoms with E-state index in [-0.39, 0.29) is 0 Å². The number of likely N-dealkylation sites (N-methyl/N-ethyl adjacent to an activating group) is 1. The van der Waals surface area contributed by atoms with E-state index in [1.54, 1.807) is 5.56 Å². The zero-order valence-electron chi connectivity index (χ0n) is 11.1. The number of aromatic nitrogens is 1. The smallest absolute Gasteiger partial charge is 0.0459 e. The molecule has 2 heterocycles. The summed E-state index contributed by atoms with van der Waals surface area (Å²) in [6.45, 7) is 3.64. The fourth-order valence-corrected chi connectivity index (χ4v) is 4.21. The van der Waals surface area contributed by atoms with Gasteiger partial charge in [-0.05, 0) is 43.0 Å². The molecule has 1 aliphatic heterocycles. The topological polar surface area (TPSA) is 19.0 Å². The molecule has 1 saturated heterocycles. The number of hydrogen-bond donors (Lipinski definition) is 1. The number of fused-ring (bicyclic) bond motifs is 2. The summed E-state index contributed by atoms with van der Waals surface area (Å²) in [5.41, 5.74) is 4.42. The van der Waals surface area contributed by atoms with Crippen molar-refractivity contribution >= 4 is 10.9 Å². The fraction of sp³-hybridized carbons (Fsp3) is 0.500. The number of benzene rings is 1. The minimum absolute atomic E-state index is 0.704. The van der Waals surface area contributed by atoms with Crippen molar-refractivity contribution in [2.24, 2.45) is 5.92 Å². The lowest BCUT2D eigenvalue weighted by atomic mass is 9.73. The molecule has 18 heavy (non-hydrogen) atoms. The Kier molecular flexibility index (Phi) is 2.13. The van der Waals surface area contributed by atoms with Gasteiger partial charge < -0.3 is 9.88 Å². The van der Waals surface area contributed by atoms with Gasteiger partial charge in [-0.1, -0.05) is 19.1 Å². The second-order valence-electron chi connectivity index (χ2n) is 6.24. The summed E-state index contributed by atoms with van der Waals surface area (Å²) in [5, 5.41) is 1.52. The van der Waals surface area contributed by atoms with Gasteiger partial charge in [0.25, 0.3) is 0 Å². The summed E-state index contributed by atoms with van der Waals surface area (Å²) in [5.74, 6) is 1.54. The number of nitrogens with one attached hydrogen (secondary N) is 1. The molecule has 3 unspecified atom stereocenters. The maximum absolute atomic E-state index is 3.44. The maximum atomic E-state index is 3.44. The first-order valence-electron chi connectivity index (χ1n) is 7.03. The molecule has 2 aliphatic rings. The van der Waals surface area contributed by atoms with Crippen molar-refractivity contribution < 1.29 is 0 Å². The number of nitrogens with zero attached hydrogens (tertiary/aromatic N) is 1. The molecule has 2 nitrogen and oxygen atoms in total. The first-order chi connectivity index (χ1) is 8.74. The molecular weight excluding hydrogens is 220 g/mol. The summed E-state index contributed by atoms with van der Waals surface area (Å²) in [4.78, 5) is 6.01. The van der Waals surface area contributed by atoms with Crippen molar-refractivity contribution in [3.8, 4) is 0 Å². The number of aromatic amines is 1. The van der Waals surface area contributed by atoms with Gasteiger partial charge in [0.15, 0.2) is 0 Å². The van der Waals surface area contributed by atoms with Crippen molar-refractivity contribution in [1.29, 1.82) is 0 Å². The first-order valence-corrected chi connectivity index (χ1v) is 7.03. The number of piperidine rings is 1. The molecule has 94 valence electrons. The Morgan fingerprint density at radius 3 is 3.11 bits per heavy atom. The number of rotatable bonds is 0. The van der Waals surface area contributed by atoms with Gasteiger partial charge in [-0.3, -0.25) is 0 Å². The maximum Gasteiger partial charge on any atom is 0.0459 e. The number of hydrogen-bond acceptors (Lipinski definition) is 1. The van der Waals surface area contributed by atoms with Crippen molar-refractivity contribution in [2.75, 3.05) is 13.6 Å². The van der Waals surface area contributed by atoms with E-state index in [1.165, 1.54) is 35.9 Å². The summed E-state index contributed by atoms with van der Waals surface area (Å²) in [7, 11) is 2.30. The van der Waals surface area contributed by atoms with E-state index in [1.807, 2.05) is 0 Å². The minimum atomic E-state index is 0.704. The molecule has 2 aromatic rings. The Morgan fingerprint density at radius 1 is 1.33 bits per heavy atom. The van der Waals surface area contributed by atoms with E-state index in [9.17, 15) is 0 Å². The van der Waals surface area contributed by atoms with Crippen molar-refractivity contribution in [3.05, 3.63) is 35.5 Å². The predicted octanol–water partition coefficient (Wildman–Crippen LogP) is 3.15. The monoisotopic (exact) mass is 240 g/mol. The van der Waals surface area contributed by atoms with E-state index in [0.29, 0.717) is 6.04 Å². The molecular formula is C16H20N2. The van der Waals surface area contributed by atoms with Crippen LogP contribution in [-0.2, 0) is 6.42 Å². The minimum Gasteiger partial charge on any atom is -0.361 e. The lowest BCUT2D eigenvalue weighted by Crippen LogP contribution is -2.47. The van der Waals surface area contributed by atoms with Gasteiger partial charge in [-0.15, -0.1) is 0 Å². The summed E-state index contributed by atoms with van der Waals surface area (Å²) < 4.78 is 0. The summed E-state index contributed by atoms with van der Waals surface area (Å²) >= 11 is 0. The van der Waals surface area contributed by atoms with Crippen LogP contribution in [0.4, 0.5) is 0 Å². The second kappa shape index (κ2) is 3.61. The molecule has 1 aromatic heterocycles. The quantitative estimate of drug-likeness (QED) is 0.749. The molecule has 2 heteroatoms. The second-order valence-corrected chi connectivity index (χ2v) is 6.24. The first kappa shape index (κ1) is 10.6. The molecule has 1 fully saturated rings. The highest BCUT2D eigenvalue weighted by atomic mass is 15.1. The van der Waals surface area contributed by atoms with E-state index >= 15 is 0 Å². The number of H-pyrrole nitrogens is 1. The van der Waals surface area contributed by atoms with Gasteiger partial charge in [0.2, 0.25) is 0 Å². The Labute approximate surface area is 108 Å². The SMILES string of the molecule is CC1CC2c3cccc4[nH]cc(c34)CC2N(C)C1. The highest BCUT2D eigenvalue weighted by Gasteiger charge is 2.37. The molecule has 0 bridgehead atoms. The molecule has 3 atom stereocenters. The van der Waals surface area contributed by atoms with E-state index < -0.39 is 0 Å². The molecule has 0 radical (unpaired) electrons. The zero-order valence-corrected chi connectivity index (χ0v) is 11.1. The number of likely N-dealkylation sites (tertiary alicyclic amines) is 1. The van der Waals surface area contributed by atoms with Crippen molar-refractivity contribution in [1.82, 2.24) is 9.88 Å². The van der Waals surface area contributed by atoms with Crippen LogP contribution in [0.2, 0.25) is 0 Å². The molecule has 1 N–H and O–H groups in total. The highest BCUT2D eigenvalue weighted by molar-refractivity contribution is 5.88. The van der Waals surface area contributed by atoms with Crippen LogP contribution in [0.15, 0.2) is 24.4 Å². The van der Waals surface area contributed by atoms with Crippen LogP contribution in [0.25, 0.3) is 10.9 Å². The summed E-state index contributed by atoms with van der Waals surface area (Å²) in [6, 6.07) is 7.47. The lowest BCUT2D eigenvalue weighted by molar-refractivity contribution is 0.119. The van der Waals surface area contributed by atoms with Gasteiger partial charge >= 0.3 is 0 Å². The van der Waals surface area contributed by atoms with Crippen LogP contribution in [0.3, 0.4) is 0 Å². The van der Waals surface area contributed by atoms with Crippen LogP contribution >= 0.6 is 0 Å². The highest BCUT2D eigenvalue weighted by Crippen LogP contribution is 2.43.